The van der Waals surface area contributed by atoms with E-state index in [9.17, 15) is 13.2 Å². The van der Waals surface area contributed by atoms with Crippen LogP contribution in [0.15, 0.2) is 29.2 Å². The number of piperidine rings is 1. The second-order valence-corrected chi connectivity index (χ2v) is 12.5. The predicted molar refractivity (Wildman–Crippen MR) is 118 cm³/mol. The summed E-state index contributed by atoms with van der Waals surface area (Å²) < 4.78 is 32.5. The van der Waals surface area contributed by atoms with E-state index < -0.39 is 10.0 Å². The zero-order chi connectivity index (χ0) is 21.6. The van der Waals surface area contributed by atoms with Crippen LogP contribution in [0.1, 0.15) is 57.8 Å². The molecule has 0 atom stereocenters. The number of hydrogen-bond donors (Lipinski definition) is 1. The molecule has 1 aliphatic heterocycles. The fourth-order valence-electron chi connectivity index (χ4n) is 7.26. The Balaban J connectivity index is 1.14. The van der Waals surface area contributed by atoms with Crippen molar-refractivity contribution < 1.29 is 17.9 Å². The highest BCUT2D eigenvalue weighted by atomic mass is 32.2. The van der Waals surface area contributed by atoms with Crippen LogP contribution in [0.2, 0.25) is 0 Å². The molecule has 0 aromatic heterocycles. The number of rotatable bonds is 6. The molecule has 4 saturated carbocycles. The van der Waals surface area contributed by atoms with E-state index in [2.05, 4.69) is 5.32 Å². The SMILES string of the molecule is COc1ccc(S(=O)(=O)N2CCC(NC(=O)CC34CC5CC(CC(C5)C3)C4)CC2)cc1. The third-order valence-electron chi connectivity index (χ3n) is 8.22. The molecule has 5 aliphatic rings. The Bertz CT molecular complexity index is 884. The van der Waals surface area contributed by atoms with Gasteiger partial charge in [0.05, 0.1) is 12.0 Å². The van der Waals surface area contributed by atoms with E-state index in [1.165, 1.54) is 42.8 Å². The van der Waals surface area contributed by atoms with E-state index in [0.717, 1.165) is 17.8 Å². The van der Waals surface area contributed by atoms with Crippen LogP contribution < -0.4 is 10.1 Å². The van der Waals surface area contributed by atoms with Crippen LogP contribution in [0.4, 0.5) is 0 Å². The second-order valence-electron chi connectivity index (χ2n) is 10.5. The van der Waals surface area contributed by atoms with Gasteiger partial charge in [0.15, 0.2) is 0 Å². The third-order valence-corrected chi connectivity index (χ3v) is 10.1. The van der Waals surface area contributed by atoms with Crippen molar-refractivity contribution in [2.75, 3.05) is 20.2 Å². The minimum absolute atomic E-state index is 0.0729. The lowest BCUT2D eigenvalue weighted by atomic mass is 9.49. The van der Waals surface area contributed by atoms with Crippen molar-refractivity contribution in [3.8, 4) is 5.75 Å². The summed E-state index contributed by atoms with van der Waals surface area (Å²) in [6, 6.07) is 6.60. The monoisotopic (exact) mass is 446 g/mol. The summed E-state index contributed by atoms with van der Waals surface area (Å²) in [6.45, 7) is 0.882. The van der Waals surface area contributed by atoms with Crippen LogP contribution in [-0.4, -0.2) is 44.9 Å². The molecule has 4 aliphatic carbocycles. The molecule has 6 nitrogen and oxygen atoms in total. The lowest BCUT2D eigenvalue weighted by Crippen LogP contribution is -2.50. The molecule has 6 rings (SSSR count). The minimum Gasteiger partial charge on any atom is -0.497 e. The third kappa shape index (κ3) is 4.23. The molecule has 4 bridgehead atoms. The Kier molecular flexibility index (Phi) is 5.53. The summed E-state index contributed by atoms with van der Waals surface area (Å²) in [5.74, 6) is 3.37. The summed E-state index contributed by atoms with van der Waals surface area (Å²) in [7, 11) is -1.95. The molecule has 1 aromatic carbocycles. The molecule has 1 saturated heterocycles. The summed E-state index contributed by atoms with van der Waals surface area (Å²) in [5, 5.41) is 3.24. The van der Waals surface area contributed by atoms with E-state index in [-0.39, 0.29) is 22.3 Å². The van der Waals surface area contributed by atoms with E-state index in [0.29, 0.717) is 38.1 Å². The first kappa shape index (κ1) is 21.3. The lowest BCUT2D eigenvalue weighted by molar-refractivity contribution is -0.130. The number of methoxy groups -OCH3 is 1. The Morgan fingerprint density at radius 1 is 1.03 bits per heavy atom. The molecule has 0 unspecified atom stereocenters. The van der Waals surface area contributed by atoms with Crippen LogP contribution >= 0.6 is 0 Å². The molecule has 31 heavy (non-hydrogen) atoms. The molecule has 5 fully saturated rings. The minimum atomic E-state index is -3.51. The fraction of sp³-hybridized carbons (Fsp3) is 0.708. The van der Waals surface area contributed by atoms with Crippen LogP contribution in [-0.2, 0) is 14.8 Å². The molecule has 0 radical (unpaired) electrons. The average Bonchev–Trinajstić information content (AvgIpc) is 2.72. The Hall–Kier alpha value is -1.60. The number of nitrogens with zero attached hydrogens (tertiary/aromatic N) is 1. The molecule has 1 amide bonds. The van der Waals surface area contributed by atoms with Crippen molar-refractivity contribution in [2.24, 2.45) is 23.2 Å². The highest BCUT2D eigenvalue weighted by molar-refractivity contribution is 7.89. The van der Waals surface area contributed by atoms with Crippen molar-refractivity contribution in [1.82, 2.24) is 9.62 Å². The average molecular weight is 447 g/mol. The summed E-state index contributed by atoms with van der Waals surface area (Å²) in [5.41, 5.74) is 0.247. The zero-order valence-electron chi connectivity index (χ0n) is 18.4. The molecular formula is C24H34N2O4S. The maximum atomic E-state index is 12.9. The van der Waals surface area contributed by atoms with Gasteiger partial charge in [0.25, 0.3) is 0 Å². The van der Waals surface area contributed by atoms with Gasteiger partial charge >= 0.3 is 0 Å². The Morgan fingerprint density at radius 3 is 2.10 bits per heavy atom. The molecular weight excluding hydrogens is 412 g/mol. The standard InChI is InChI=1S/C24H34N2O4S/c1-30-21-2-4-22(5-3-21)31(28,29)26-8-6-20(7-9-26)25-23(27)16-24-13-17-10-18(14-24)12-19(11-17)15-24/h2-5,17-20H,6-16H2,1H3,(H,25,27). The maximum Gasteiger partial charge on any atom is 0.243 e. The first-order valence-corrected chi connectivity index (χ1v) is 13.2. The van der Waals surface area contributed by atoms with Gasteiger partial charge in [-0.15, -0.1) is 0 Å². The van der Waals surface area contributed by atoms with Gasteiger partial charge in [-0.3, -0.25) is 4.79 Å². The number of hydrogen-bond acceptors (Lipinski definition) is 4. The number of amides is 1. The maximum absolute atomic E-state index is 12.9. The predicted octanol–water partition coefficient (Wildman–Crippen LogP) is 3.57. The topological polar surface area (TPSA) is 75.7 Å². The zero-order valence-corrected chi connectivity index (χ0v) is 19.2. The van der Waals surface area contributed by atoms with E-state index in [4.69, 9.17) is 4.74 Å². The molecule has 1 heterocycles. The number of carbonyl (C=O) groups excluding carboxylic acids is 1. The smallest absolute Gasteiger partial charge is 0.243 e. The fourth-order valence-corrected chi connectivity index (χ4v) is 8.73. The molecule has 7 heteroatoms. The van der Waals surface area contributed by atoms with Crippen LogP contribution in [0, 0.1) is 23.2 Å². The van der Waals surface area contributed by atoms with Crippen molar-refractivity contribution in [2.45, 2.75) is 68.7 Å². The highest BCUT2D eigenvalue weighted by Crippen LogP contribution is 2.61. The summed E-state index contributed by atoms with van der Waals surface area (Å²) >= 11 is 0. The normalized spacial score (nSPS) is 33.4. The quantitative estimate of drug-likeness (QED) is 0.725. The summed E-state index contributed by atoms with van der Waals surface area (Å²) in [6.07, 6.45) is 9.90. The molecule has 170 valence electrons. The van der Waals surface area contributed by atoms with Gasteiger partial charge in [-0.2, -0.15) is 4.31 Å². The largest absolute Gasteiger partial charge is 0.497 e. The lowest BCUT2D eigenvalue weighted by Gasteiger charge is -2.56. The van der Waals surface area contributed by atoms with Gasteiger partial charge < -0.3 is 10.1 Å². The summed E-state index contributed by atoms with van der Waals surface area (Å²) in [4.78, 5) is 13.2. The van der Waals surface area contributed by atoms with Crippen molar-refractivity contribution in [3.63, 3.8) is 0 Å². The molecule has 1 N–H and O–H groups in total. The number of sulfonamides is 1. The number of carbonyl (C=O) groups is 1. The number of benzene rings is 1. The molecule has 0 spiro atoms. The van der Waals surface area contributed by atoms with Gasteiger partial charge in [0, 0.05) is 25.6 Å². The Morgan fingerprint density at radius 2 is 1.58 bits per heavy atom. The van der Waals surface area contributed by atoms with Gasteiger partial charge in [0.1, 0.15) is 5.75 Å². The first-order chi connectivity index (χ1) is 14.8. The van der Waals surface area contributed by atoms with Crippen molar-refractivity contribution >= 4 is 15.9 Å². The van der Waals surface area contributed by atoms with Crippen LogP contribution in [0.5, 0.6) is 5.75 Å². The first-order valence-electron chi connectivity index (χ1n) is 11.8. The van der Waals surface area contributed by atoms with E-state index in [1.54, 1.807) is 31.4 Å². The van der Waals surface area contributed by atoms with Gasteiger partial charge in [-0.05, 0) is 98.8 Å². The van der Waals surface area contributed by atoms with Gasteiger partial charge in [0.2, 0.25) is 15.9 Å². The van der Waals surface area contributed by atoms with Crippen molar-refractivity contribution in [3.05, 3.63) is 24.3 Å². The van der Waals surface area contributed by atoms with E-state index in [1.807, 2.05) is 0 Å². The second kappa shape index (κ2) is 8.07. The van der Waals surface area contributed by atoms with Gasteiger partial charge in [-0.25, -0.2) is 8.42 Å². The molecule has 1 aromatic rings. The van der Waals surface area contributed by atoms with Crippen LogP contribution in [0.3, 0.4) is 0 Å². The van der Waals surface area contributed by atoms with Crippen molar-refractivity contribution in [1.29, 1.82) is 0 Å². The van der Waals surface area contributed by atoms with Gasteiger partial charge in [-0.1, -0.05) is 0 Å². The Labute approximate surface area is 185 Å². The van der Waals surface area contributed by atoms with E-state index >= 15 is 0 Å². The van der Waals surface area contributed by atoms with Crippen LogP contribution in [0.25, 0.3) is 0 Å². The number of ether oxygens (including phenoxy) is 1. The highest BCUT2D eigenvalue weighted by Gasteiger charge is 2.51. The number of nitrogens with one attached hydrogen (secondary N) is 1.